The largest absolute Gasteiger partial charge is 0.399 e. The van der Waals surface area contributed by atoms with E-state index in [4.69, 9.17) is 5.73 Å². The topological polar surface area (TPSA) is 55.1 Å². The number of nitrogens with one attached hydrogen (secondary N) is 1. The number of benzene rings is 2. The van der Waals surface area contributed by atoms with Gasteiger partial charge < -0.3 is 11.1 Å². The number of carbonyl (C=O) groups is 1. The Hall–Kier alpha value is -2.50. The van der Waals surface area contributed by atoms with Crippen LogP contribution in [0.25, 0.3) is 0 Å². The van der Waals surface area contributed by atoms with E-state index in [1.54, 1.807) is 13.0 Å². The third kappa shape index (κ3) is 2.74. The first-order valence-electron chi connectivity index (χ1n) is 5.70. The number of aryl methyl sites for hydroxylation is 1. The Kier molecular flexibility index (Phi) is 3.65. The van der Waals surface area contributed by atoms with Gasteiger partial charge in [0.25, 0.3) is 5.91 Å². The second-order valence-electron chi connectivity index (χ2n) is 4.27. The van der Waals surface area contributed by atoms with Crippen molar-refractivity contribution in [3.8, 4) is 0 Å². The summed E-state index contributed by atoms with van der Waals surface area (Å²) in [5, 5.41) is 2.09. The number of hydrogen-bond donors (Lipinski definition) is 2. The molecule has 0 spiro atoms. The highest BCUT2D eigenvalue weighted by atomic mass is 19.1. The summed E-state index contributed by atoms with van der Waals surface area (Å²) >= 11 is 0. The Morgan fingerprint density at radius 1 is 1.10 bits per heavy atom. The molecule has 0 heterocycles. The molecule has 0 saturated carbocycles. The minimum atomic E-state index is -1.18. The van der Waals surface area contributed by atoms with Gasteiger partial charge in [0.1, 0.15) is 11.5 Å². The summed E-state index contributed by atoms with van der Waals surface area (Å²) in [6, 6.07) is 5.49. The minimum absolute atomic E-state index is 0.224. The van der Waals surface area contributed by atoms with Crippen molar-refractivity contribution in [1.29, 1.82) is 0 Å². The van der Waals surface area contributed by atoms with E-state index in [1.165, 1.54) is 12.1 Å². The average Bonchev–Trinajstić information content (AvgIpc) is 2.33. The molecule has 0 aliphatic carbocycles. The van der Waals surface area contributed by atoms with Gasteiger partial charge in [0.2, 0.25) is 0 Å². The van der Waals surface area contributed by atoms with Crippen LogP contribution in [0, 0.1) is 24.4 Å². The van der Waals surface area contributed by atoms with E-state index in [9.17, 15) is 18.0 Å². The number of rotatable bonds is 2. The lowest BCUT2D eigenvalue weighted by molar-refractivity contribution is 0.102. The van der Waals surface area contributed by atoms with E-state index in [0.29, 0.717) is 23.4 Å². The zero-order chi connectivity index (χ0) is 14.9. The molecule has 0 aliphatic rings. The Morgan fingerprint density at radius 2 is 1.70 bits per heavy atom. The lowest BCUT2D eigenvalue weighted by atomic mass is 10.1. The first-order valence-corrected chi connectivity index (χ1v) is 5.70. The van der Waals surface area contributed by atoms with Crippen LogP contribution in [0.2, 0.25) is 0 Å². The second-order valence-corrected chi connectivity index (χ2v) is 4.27. The van der Waals surface area contributed by atoms with Crippen molar-refractivity contribution in [1.82, 2.24) is 0 Å². The summed E-state index contributed by atoms with van der Waals surface area (Å²) in [7, 11) is 0. The molecule has 3 N–H and O–H groups in total. The van der Waals surface area contributed by atoms with Gasteiger partial charge in [-0.05, 0) is 30.7 Å². The normalized spacial score (nSPS) is 10.4. The molecule has 104 valence electrons. The summed E-state index contributed by atoms with van der Waals surface area (Å²) in [5.41, 5.74) is 6.12. The Balaban J connectivity index is 2.33. The third-order valence-electron chi connectivity index (χ3n) is 2.74. The highest BCUT2D eigenvalue weighted by Gasteiger charge is 2.16. The number of amides is 1. The fourth-order valence-electron chi connectivity index (χ4n) is 1.78. The third-order valence-corrected chi connectivity index (χ3v) is 2.74. The number of nitrogens with two attached hydrogens (primary N) is 1. The van der Waals surface area contributed by atoms with Crippen LogP contribution in [0.5, 0.6) is 0 Å². The SMILES string of the molecule is Cc1cc(N)ccc1C(=O)Nc1c(F)cc(F)cc1F. The first kappa shape index (κ1) is 13.9. The van der Waals surface area contributed by atoms with Crippen molar-refractivity contribution in [3.63, 3.8) is 0 Å². The zero-order valence-electron chi connectivity index (χ0n) is 10.5. The molecule has 3 nitrogen and oxygen atoms in total. The van der Waals surface area contributed by atoms with E-state index in [2.05, 4.69) is 5.32 Å². The predicted octanol–water partition coefficient (Wildman–Crippen LogP) is 3.25. The highest BCUT2D eigenvalue weighted by Crippen LogP contribution is 2.22. The van der Waals surface area contributed by atoms with Crippen molar-refractivity contribution < 1.29 is 18.0 Å². The predicted molar refractivity (Wildman–Crippen MR) is 69.9 cm³/mol. The van der Waals surface area contributed by atoms with Gasteiger partial charge in [-0.2, -0.15) is 0 Å². The van der Waals surface area contributed by atoms with Crippen molar-refractivity contribution >= 4 is 17.3 Å². The number of carbonyl (C=O) groups excluding carboxylic acids is 1. The molecule has 0 unspecified atom stereocenters. The molecule has 1 amide bonds. The second kappa shape index (κ2) is 5.24. The Bertz CT molecular complexity index is 663. The van der Waals surface area contributed by atoms with Gasteiger partial charge in [0.05, 0.1) is 0 Å². The highest BCUT2D eigenvalue weighted by molar-refractivity contribution is 6.05. The Labute approximate surface area is 113 Å². The molecule has 0 saturated heterocycles. The molecule has 20 heavy (non-hydrogen) atoms. The number of anilines is 2. The molecule has 2 aromatic carbocycles. The maximum Gasteiger partial charge on any atom is 0.256 e. The van der Waals surface area contributed by atoms with Gasteiger partial charge in [0, 0.05) is 23.4 Å². The molecule has 0 fully saturated rings. The van der Waals surface area contributed by atoms with Gasteiger partial charge >= 0.3 is 0 Å². The van der Waals surface area contributed by atoms with E-state index < -0.39 is 29.0 Å². The zero-order valence-corrected chi connectivity index (χ0v) is 10.5. The average molecular weight is 280 g/mol. The first-order chi connectivity index (χ1) is 9.38. The Morgan fingerprint density at radius 3 is 2.25 bits per heavy atom. The molecule has 0 aliphatic heterocycles. The van der Waals surface area contributed by atoms with Crippen LogP contribution >= 0.6 is 0 Å². The van der Waals surface area contributed by atoms with Crippen LogP contribution in [0.15, 0.2) is 30.3 Å². The van der Waals surface area contributed by atoms with Gasteiger partial charge in [0.15, 0.2) is 11.6 Å². The summed E-state index contributed by atoms with van der Waals surface area (Å²) in [6.45, 7) is 1.64. The molecule has 2 rings (SSSR count). The van der Waals surface area contributed by atoms with Crippen molar-refractivity contribution in [3.05, 3.63) is 58.9 Å². The van der Waals surface area contributed by atoms with E-state index in [-0.39, 0.29) is 5.56 Å². The summed E-state index contributed by atoms with van der Waals surface area (Å²) < 4.78 is 39.6. The van der Waals surface area contributed by atoms with E-state index in [1.807, 2.05) is 0 Å². The summed E-state index contributed by atoms with van der Waals surface area (Å²) in [5.74, 6) is -4.11. The van der Waals surface area contributed by atoms with Crippen LogP contribution in [-0.4, -0.2) is 5.91 Å². The minimum Gasteiger partial charge on any atom is -0.399 e. The van der Waals surface area contributed by atoms with Crippen LogP contribution in [0.4, 0.5) is 24.5 Å². The lowest BCUT2D eigenvalue weighted by Gasteiger charge is -2.10. The summed E-state index contributed by atoms with van der Waals surface area (Å²) in [4.78, 5) is 12.0. The van der Waals surface area contributed by atoms with Crippen molar-refractivity contribution in [2.45, 2.75) is 6.92 Å². The fraction of sp³-hybridized carbons (Fsp3) is 0.0714. The maximum absolute atomic E-state index is 13.4. The van der Waals surface area contributed by atoms with Gasteiger partial charge in [-0.15, -0.1) is 0 Å². The van der Waals surface area contributed by atoms with Gasteiger partial charge in [-0.3, -0.25) is 4.79 Å². The van der Waals surface area contributed by atoms with Crippen LogP contribution in [0.1, 0.15) is 15.9 Å². The quantitative estimate of drug-likeness (QED) is 0.830. The standard InChI is InChI=1S/C14H11F3N2O/c1-7-4-9(18)2-3-10(7)14(20)19-13-11(16)5-8(15)6-12(13)17/h2-6H,18H2,1H3,(H,19,20). The van der Waals surface area contributed by atoms with Crippen molar-refractivity contribution in [2.75, 3.05) is 11.1 Å². The van der Waals surface area contributed by atoms with Gasteiger partial charge in [-0.1, -0.05) is 0 Å². The van der Waals surface area contributed by atoms with Crippen LogP contribution in [-0.2, 0) is 0 Å². The lowest BCUT2D eigenvalue weighted by Crippen LogP contribution is -2.16. The number of nitrogen functional groups attached to an aromatic ring is 1. The van der Waals surface area contributed by atoms with Crippen molar-refractivity contribution in [2.24, 2.45) is 0 Å². The fourth-order valence-corrected chi connectivity index (χ4v) is 1.78. The maximum atomic E-state index is 13.4. The monoisotopic (exact) mass is 280 g/mol. The molecule has 0 atom stereocenters. The van der Waals surface area contributed by atoms with Crippen LogP contribution < -0.4 is 11.1 Å². The molecule has 0 bridgehead atoms. The number of halogens is 3. The smallest absolute Gasteiger partial charge is 0.256 e. The van der Waals surface area contributed by atoms with E-state index in [0.717, 1.165) is 0 Å². The summed E-state index contributed by atoms with van der Waals surface area (Å²) in [6.07, 6.45) is 0. The molecular formula is C14H11F3N2O. The molecule has 0 aromatic heterocycles. The van der Waals surface area contributed by atoms with Gasteiger partial charge in [-0.25, -0.2) is 13.2 Å². The number of hydrogen-bond acceptors (Lipinski definition) is 2. The molecule has 6 heteroatoms. The van der Waals surface area contributed by atoms with Crippen LogP contribution in [0.3, 0.4) is 0 Å². The molecular weight excluding hydrogens is 269 g/mol. The van der Waals surface area contributed by atoms with E-state index >= 15 is 0 Å². The molecule has 0 radical (unpaired) electrons. The molecule has 2 aromatic rings.